The van der Waals surface area contributed by atoms with E-state index in [1.807, 2.05) is 41.5 Å². The summed E-state index contributed by atoms with van der Waals surface area (Å²) in [5.74, 6) is 1.78. The summed E-state index contributed by atoms with van der Waals surface area (Å²) in [5.41, 5.74) is 8.88. The highest BCUT2D eigenvalue weighted by molar-refractivity contribution is 5.39. The summed E-state index contributed by atoms with van der Waals surface area (Å²) in [5, 5.41) is 0. The van der Waals surface area contributed by atoms with Crippen LogP contribution in [0.5, 0.6) is 0 Å². The highest BCUT2D eigenvalue weighted by Gasteiger charge is 2.18. The first-order valence-electron chi connectivity index (χ1n) is 17.1. The van der Waals surface area contributed by atoms with Crippen LogP contribution in [-0.4, -0.2) is 0 Å². The number of allylic oxidation sites excluding steroid dienone is 3. The van der Waals surface area contributed by atoms with Gasteiger partial charge in [0.2, 0.25) is 0 Å². The quantitative estimate of drug-likeness (QED) is 0.299. The summed E-state index contributed by atoms with van der Waals surface area (Å²) in [6.45, 7) is 38.2. The van der Waals surface area contributed by atoms with Crippen LogP contribution in [0.3, 0.4) is 0 Å². The van der Waals surface area contributed by atoms with Gasteiger partial charge in [-0.3, -0.25) is 0 Å². The first-order valence-corrected chi connectivity index (χ1v) is 17.1. The zero-order valence-corrected chi connectivity index (χ0v) is 30.8. The average molecular weight is 579 g/mol. The van der Waals surface area contributed by atoms with Crippen LogP contribution < -0.4 is 0 Å². The normalized spacial score (nSPS) is 14.2. The third-order valence-electron chi connectivity index (χ3n) is 6.85. The van der Waals surface area contributed by atoms with Gasteiger partial charge in [-0.15, -0.1) is 13.2 Å². The van der Waals surface area contributed by atoms with Gasteiger partial charge in [-0.25, -0.2) is 0 Å². The van der Waals surface area contributed by atoms with Crippen LogP contribution in [0, 0.1) is 25.7 Å². The lowest BCUT2D eigenvalue weighted by Crippen LogP contribution is -2.13. The predicted octanol–water partition coefficient (Wildman–Crippen LogP) is 14.3. The Hall–Kier alpha value is -2.34. The first-order chi connectivity index (χ1) is 20.2. The van der Waals surface area contributed by atoms with Crippen molar-refractivity contribution in [2.45, 2.75) is 148 Å². The number of hydrogen-bond donors (Lipinski definition) is 0. The summed E-state index contributed by atoms with van der Waals surface area (Å²) in [6, 6.07) is 15.1. The molecular formula is C42H74. The summed E-state index contributed by atoms with van der Waals surface area (Å²) in [7, 11) is 0. The van der Waals surface area contributed by atoms with Gasteiger partial charge < -0.3 is 0 Å². The summed E-state index contributed by atoms with van der Waals surface area (Å²) < 4.78 is 0. The lowest BCUT2D eigenvalue weighted by molar-refractivity contribution is 0.315. The smallest absolute Gasteiger partial charge is 0.0206 e. The van der Waals surface area contributed by atoms with Crippen molar-refractivity contribution < 1.29 is 0 Å². The molecule has 1 fully saturated rings. The Labute approximate surface area is 266 Å². The largest absolute Gasteiger partial charge is 0.103 e. The highest BCUT2D eigenvalue weighted by atomic mass is 14.2. The van der Waals surface area contributed by atoms with Crippen LogP contribution in [0.2, 0.25) is 0 Å². The van der Waals surface area contributed by atoms with E-state index in [0.717, 1.165) is 11.8 Å². The van der Waals surface area contributed by atoms with E-state index in [0.29, 0.717) is 0 Å². The Balaban J connectivity index is -0.000000225. The molecule has 0 bridgehead atoms. The summed E-state index contributed by atoms with van der Waals surface area (Å²) >= 11 is 0. The molecule has 42 heavy (non-hydrogen) atoms. The van der Waals surface area contributed by atoms with Gasteiger partial charge in [0.1, 0.15) is 0 Å². The van der Waals surface area contributed by atoms with Crippen molar-refractivity contribution in [2.75, 3.05) is 0 Å². The van der Waals surface area contributed by atoms with E-state index in [-0.39, 0.29) is 0 Å². The third kappa shape index (κ3) is 25.4. The molecule has 2 aromatic rings. The van der Waals surface area contributed by atoms with Crippen LogP contribution in [0.4, 0.5) is 0 Å². The minimum Gasteiger partial charge on any atom is -0.103 e. The fourth-order valence-electron chi connectivity index (χ4n) is 4.74. The molecule has 0 N–H and O–H groups in total. The highest BCUT2D eigenvalue weighted by Crippen LogP contribution is 2.32. The molecule has 3 rings (SSSR count). The molecule has 0 heterocycles. The van der Waals surface area contributed by atoms with Crippen molar-refractivity contribution in [3.05, 3.63) is 108 Å². The number of aryl methyl sites for hydroxylation is 3. The summed E-state index contributed by atoms with van der Waals surface area (Å²) in [4.78, 5) is 0. The van der Waals surface area contributed by atoms with E-state index in [1.54, 1.807) is 23.3 Å². The zero-order valence-electron chi connectivity index (χ0n) is 30.8. The summed E-state index contributed by atoms with van der Waals surface area (Å²) in [6.07, 6.45) is 15.2. The molecule has 242 valence electrons. The number of hydrogen-bond acceptors (Lipinski definition) is 0. The van der Waals surface area contributed by atoms with Crippen molar-refractivity contribution in [1.29, 1.82) is 0 Å². The SMILES string of the molecule is C=C(C)C1CCCC(C)C1.C=CC.C=CC.CC.CC.CCCc1ccc(C)c(C)c1CC.CCCc1ccccc1. The van der Waals surface area contributed by atoms with Crippen LogP contribution in [0.1, 0.15) is 143 Å². The number of benzene rings is 2. The lowest BCUT2D eigenvalue weighted by atomic mass is 9.79. The van der Waals surface area contributed by atoms with Crippen molar-refractivity contribution in [3.8, 4) is 0 Å². The second-order valence-electron chi connectivity index (χ2n) is 10.6. The molecule has 2 unspecified atom stereocenters. The molecule has 1 aliphatic rings. The first kappa shape index (κ1) is 46.6. The minimum absolute atomic E-state index is 0.837. The zero-order chi connectivity index (χ0) is 33.3. The molecule has 0 radical (unpaired) electrons. The van der Waals surface area contributed by atoms with E-state index < -0.39 is 0 Å². The molecule has 0 aliphatic heterocycles. The predicted molar refractivity (Wildman–Crippen MR) is 200 cm³/mol. The van der Waals surface area contributed by atoms with Crippen LogP contribution in [0.15, 0.2) is 79.9 Å². The fourth-order valence-corrected chi connectivity index (χ4v) is 4.74. The van der Waals surface area contributed by atoms with Crippen LogP contribution in [-0.2, 0) is 19.3 Å². The molecule has 0 aromatic heterocycles. The minimum atomic E-state index is 0.837. The van der Waals surface area contributed by atoms with E-state index in [9.17, 15) is 0 Å². The van der Waals surface area contributed by atoms with Gasteiger partial charge in [0.05, 0.1) is 0 Å². The molecule has 1 saturated carbocycles. The van der Waals surface area contributed by atoms with Gasteiger partial charge in [0.15, 0.2) is 0 Å². The fraction of sp³-hybridized carbons (Fsp3) is 0.571. The van der Waals surface area contributed by atoms with Crippen molar-refractivity contribution in [1.82, 2.24) is 0 Å². The Morgan fingerprint density at radius 2 is 1.31 bits per heavy atom. The molecule has 0 amide bonds. The Morgan fingerprint density at radius 1 is 0.810 bits per heavy atom. The molecule has 0 spiro atoms. The maximum atomic E-state index is 4.01. The average Bonchev–Trinajstić information content (AvgIpc) is 3.00. The van der Waals surface area contributed by atoms with Gasteiger partial charge in [0, 0.05) is 0 Å². The van der Waals surface area contributed by atoms with E-state index in [2.05, 4.69) is 111 Å². The van der Waals surface area contributed by atoms with Gasteiger partial charge in [-0.05, 0) is 106 Å². The van der Waals surface area contributed by atoms with Gasteiger partial charge in [-0.2, -0.15) is 0 Å². The Morgan fingerprint density at radius 3 is 1.69 bits per heavy atom. The lowest BCUT2D eigenvalue weighted by Gasteiger charge is -2.26. The van der Waals surface area contributed by atoms with Crippen LogP contribution >= 0.6 is 0 Å². The molecule has 2 atom stereocenters. The Kier molecular flexibility index (Phi) is 38.7. The molecule has 0 heteroatoms. The topological polar surface area (TPSA) is 0 Å². The van der Waals surface area contributed by atoms with Gasteiger partial charge in [-0.1, -0.05) is 148 Å². The van der Waals surface area contributed by atoms with Gasteiger partial charge in [0.25, 0.3) is 0 Å². The third-order valence-corrected chi connectivity index (χ3v) is 6.85. The van der Waals surface area contributed by atoms with E-state index >= 15 is 0 Å². The molecule has 1 aliphatic carbocycles. The Bertz CT molecular complexity index is 849. The number of rotatable bonds is 6. The standard InChI is InChI=1S/C13H20.C10H18.C9H12.2C3H6.2C2H6/c1-5-7-12-9-8-10(3)11(4)13(12)6-2;1-8(2)10-6-4-5-9(3)7-10;1-2-6-9-7-4-3-5-8-9;2*1-3-2;2*1-2/h8-9H,5-7H2,1-4H3;9-10H,1,4-7H2,2-3H3;3-5,7-8H,2,6H2,1H3;2*3H,1H2,2H3;2*1-2H3. The second-order valence-corrected chi connectivity index (χ2v) is 10.6. The molecular weight excluding hydrogens is 504 g/mol. The van der Waals surface area contributed by atoms with E-state index in [4.69, 9.17) is 0 Å². The molecule has 0 saturated heterocycles. The molecule has 2 aromatic carbocycles. The monoisotopic (exact) mass is 579 g/mol. The van der Waals surface area contributed by atoms with Crippen molar-refractivity contribution in [3.63, 3.8) is 0 Å². The maximum absolute atomic E-state index is 4.01. The van der Waals surface area contributed by atoms with Crippen molar-refractivity contribution >= 4 is 0 Å². The molecule has 0 nitrogen and oxygen atoms in total. The van der Waals surface area contributed by atoms with Crippen molar-refractivity contribution in [2.24, 2.45) is 11.8 Å². The van der Waals surface area contributed by atoms with Gasteiger partial charge >= 0.3 is 0 Å². The van der Waals surface area contributed by atoms with Crippen LogP contribution in [0.25, 0.3) is 0 Å². The second kappa shape index (κ2) is 34.9. The maximum Gasteiger partial charge on any atom is -0.0206 e. The van der Waals surface area contributed by atoms with E-state index in [1.165, 1.54) is 80.1 Å².